The summed E-state index contributed by atoms with van der Waals surface area (Å²) in [6.07, 6.45) is 2.98. The molecule has 0 spiro atoms. The first kappa shape index (κ1) is 15.4. The van der Waals surface area contributed by atoms with Gasteiger partial charge in [0.1, 0.15) is 9.09 Å². The minimum absolute atomic E-state index is 0.0148. The van der Waals surface area contributed by atoms with Gasteiger partial charge < -0.3 is 10.2 Å². The second-order valence-electron chi connectivity index (χ2n) is 5.12. The third-order valence-corrected chi connectivity index (χ3v) is 6.85. The number of hydrogen-bond donors (Lipinski definition) is 2. The Morgan fingerprint density at radius 1 is 1.40 bits per heavy atom. The third kappa shape index (κ3) is 3.03. The van der Waals surface area contributed by atoms with Crippen LogP contribution in [0, 0.1) is 0 Å². The summed E-state index contributed by atoms with van der Waals surface area (Å²) in [6.45, 7) is 0.0373. The second kappa shape index (κ2) is 5.44. The van der Waals surface area contributed by atoms with E-state index in [1.807, 2.05) is 0 Å². The van der Waals surface area contributed by atoms with Crippen LogP contribution in [0.1, 0.15) is 35.4 Å². The molecule has 0 unspecified atom stereocenters. The van der Waals surface area contributed by atoms with Crippen LogP contribution in [-0.4, -0.2) is 48.1 Å². The zero-order chi connectivity index (χ0) is 15.0. The van der Waals surface area contributed by atoms with Crippen LogP contribution in [0.15, 0.2) is 16.3 Å². The molecule has 20 heavy (non-hydrogen) atoms. The molecule has 0 aromatic carbocycles. The topological polar surface area (TPSA) is 94.9 Å². The Morgan fingerprint density at radius 3 is 2.50 bits per heavy atom. The van der Waals surface area contributed by atoms with Crippen molar-refractivity contribution >= 4 is 27.3 Å². The van der Waals surface area contributed by atoms with Crippen LogP contribution in [0.25, 0.3) is 0 Å². The molecule has 1 fully saturated rings. The van der Waals surface area contributed by atoms with Crippen LogP contribution >= 0.6 is 11.3 Å². The number of carbonyl (C=O) groups is 1. The van der Waals surface area contributed by atoms with E-state index in [4.69, 9.17) is 5.11 Å². The molecule has 2 N–H and O–H groups in total. The normalized spacial score (nSPS) is 18.6. The fraction of sp³-hybridized carbons (Fsp3) is 0.583. The molecule has 0 amide bonds. The van der Waals surface area contributed by atoms with E-state index in [1.54, 1.807) is 0 Å². The lowest BCUT2D eigenvalue weighted by atomic mass is 10.0. The van der Waals surface area contributed by atoms with Gasteiger partial charge in [0.25, 0.3) is 10.0 Å². The largest absolute Gasteiger partial charge is 0.477 e. The molecule has 1 aromatic heterocycles. The van der Waals surface area contributed by atoms with E-state index in [1.165, 1.54) is 19.2 Å². The number of rotatable bonds is 5. The van der Waals surface area contributed by atoms with Gasteiger partial charge in [-0.1, -0.05) is 12.8 Å². The van der Waals surface area contributed by atoms with Crippen molar-refractivity contribution < 1.29 is 23.4 Å². The van der Waals surface area contributed by atoms with E-state index in [9.17, 15) is 18.3 Å². The summed E-state index contributed by atoms with van der Waals surface area (Å²) < 4.78 is 25.8. The summed E-state index contributed by atoms with van der Waals surface area (Å²) >= 11 is 0.722. The fourth-order valence-corrected chi connectivity index (χ4v) is 5.02. The lowest BCUT2D eigenvalue weighted by Gasteiger charge is -2.27. The average molecular weight is 319 g/mol. The highest BCUT2D eigenvalue weighted by molar-refractivity contribution is 7.91. The molecular weight excluding hydrogens is 302 g/mol. The summed E-state index contributed by atoms with van der Waals surface area (Å²) in [7, 11) is -2.34. The summed E-state index contributed by atoms with van der Waals surface area (Å²) in [5, 5.41) is 19.1. The molecule has 0 atom stereocenters. The van der Waals surface area contributed by atoms with E-state index in [0.29, 0.717) is 12.8 Å². The van der Waals surface area contributed by atoms with E-state index < -0.39 is 21.6 Å². The minimum atomic E-state index is -3.75. The molecule has 0 aliphatic heterocycles. The minimum Gasteiger partial charge on any atom is -0.477 e. The van der Waals surface area contributed by atoms with E-state index in [-0.39, 0.29) is 15.6 Å². The van der Waals surface area contributed by atoms with Crippen molar-refractivity contribution in [2.24, 2.45) is 0 Å². The first-order valence-electron chi connectivity index (χ1n) is 6.26. The van der Waals surface area contributed by atoms with Crippen molar-refractivity contribution in [2.45, 2.75) is 35.5 Å². The van der Waals surface area contributed by atoms with Crippen LogP contribution in [0.2, 0.25) is 0 Å². The Kier molecular flexibility index (Phi) is 4.19. The van der Waals surface area contributed by atoms with Gasteiger partial charge in [-0.15, -0.1) is 11.3 Å². The molecule has 0 saturated heterocycles. The first-order chi connectivity index (χ1) is 9.24. The number of nitrogens with zero attached hydrogens (tertiary/aromatic N) is 1. The maximum atomic E-state index is 12.3. The Morgan fingerprint density at radius 2 is 2.00 bits per heavy atom. The Balaban J connectivity index is 2.18. The number of carboxylic acids is 1. The monoisotopic (exact) mass is 319 g/mol. The number of sulfonamides is 1. The maximum Gasteiger partial charge on any atom is 0.345 e. The van der Waals surface area contributed by atoms with Crippen LogP contribution in [0.3, 0.4) is 0 Å². The number of aromatic carboxylic acids is 1. The molecular formula is C12H17NO5S2. The van der Waals surface area contributed by atoms with Crippen LogP contribution in [0.5, 0.6) is 0 Å². The van der Waals surface area contributed by atoms with Crippen molar-refractivity contribution in [3.05, 3.63) is 17.0 Å². The fourth-order valence-electron chi connectivity index (χ4n) is 2.42. The molecule has 1 heterocycles. The van der Waals surface area contributed by atoms with E-state index >= 15 is 0 Å². The van der Waals surface area contributed by atoms with Crippen molar-refractivity contribution in [2.75, 3.05) is 13.6 Å². The third-order valence-electron chi connectivity index (χ3n) is 3.51. The second-order valence-corrected chi connectivity index (χ2v) is 8.47. The molecule has 1 saturated carbocycles. The van der Waals surface area contributed by atoms with Gasteiger partial charge in [-0.2, -0.15) is 4.31 Å². The summed E-state index contributed by atoms with van der Waals surface area (Å²) in [4.78, 5) is 10.8. The summed E-state index contributed by atoms with van der Waals surface area (Å²) in [5.41, 5.74) is -0.964. The molecule has 1 aromatic rings. The number of aliphatic hydroxyl groups is 1. The van der Waals surface area contributed by atoms with Crippen LogP contribution in [-0.2, 0) is 10.0 Å². The lowest BCUT2D eigenvalue weighted by molar-refractivity contribution is 0.0334. The Labute approximate surface area is 121 Å². The average Bonchev–Trinajstić information content (AvgIpc) is 2.97. The number of carboxylic acid groups (broad SMARTS) is 1. The van der Waals surface area contributed by atoms with Gasteiger partial charge in [0.05, 0.1) is 5.60 Å². The van der Waals surface area contributed by atoms with Crippen molar-refractivity contribution in [3.63, 3.8) is 0 Å². The number of thiophene rings is 1. The zero-order valence-electron chi connectivity index (χ0n) is 11.1. The molecule has 6 nitrogen and oxygen atoms in total. The quantitative estimate of drug-likeness (QED) is 0.855. The van der Waals surface area contributed by atoms with Gasteiger partial charge >= 0.3 is 5.97 Å². The summed E-state index contributed by atoms with van der Waals surface area (Å²) in [5.74, 6) is -1.14. The molecule has 0 radical (unpaired) electrons. The van der Waals surface area contributed by atoms with Crippen molar-refractivity contribution in [1.29, 1.82) is 0 Å². The number of likely N-dealkylation sites (N-methyl/N-ethyl adjacent to an activating group) is 1. The van der Waals surface area contributed by atoms with Crippen molar-refractivity contribution in [1.82, 2.24) is 4.31 Å². The zero-order valence-corrected chi connectivity index (χ0v) is 12.7. The summed E-state index contributed by atoms with van der Waals surface area (Å²) in [6, 6.07) is 2.57. The molecule has 8 heteroatoms. The standard InChI is InChI=1S/C12H17NO5S2/c1-13(8-12(16)6-2-3-7-12)20(17,18)10-5-4-9(19-10)11(14)15/h4-5,16H,2-3,6-8H2,1H3,(H,14,15). The van der Waals surface area contributed by atoms with Gasteiger partial charge in [-0.05, 0) is 25.0 Å². The van der Waals surface area contributed by atoms with Gasteiger partial charge in [-0.25, -0.2) is 13.2 Å². The van der Waals surface area contributed by atoms with Crippen LogP contribution < -0.4 is 0 Å². The van der Waals surface area contributed by atoms with Crippen LogP contribution in [0.4, 0.5) is 0 Å². The molecule has 2 rings (SSSR count). The maximum absolute atomic E-state index is 12.3. The highest BCUT2D eigenvalue weighted by Gasteiger charge is 2.36. The predicted octanol–water partition coefficient (Wildman–Crippen LogP) is 1.37. The van der Waals surface area contributed by atoms with Gasteiger partial charge in [0, 0.05) is 13.6 Å². The van der Waals surface area contributed by atoms with E-state index in [2.05, 4.69) is 0 Å². The predicted molar refractivity (Wildman–Crippen MR) is 74.5 cm³/mol. The highest BCUT2D eigenvalue weighted by atomic mass is 32.2. The molecule has 1 aliphatic carbocycles. The van der Waals surface area contributed by atoms with E-state index in [0.717, 1.165) is 28.5 Å². The molecule has 112 valence electrons. The van der Waals surface area contributed by atoms with Gasteiger partial charge in [0.2, 0.25) is 0 Å². The Hall–Kier alpha value is -0.960. The first-order valence-corrected chi connectivity index (χ1v) is 8.52. The molecule has 1 aliphatic rings. The Bertz CT molecular complexity index is 601. The molecule has 0 bridgehead atoms. The van der Waals surface area contributed by atoms with Gasteiger partial charge in [0.15, 0.2) is 0 Å². The SMILES string of the molecule is CN(CC1(O)CCCC1)S(=O)(=O)c1ccc(C(=O)O)s1. The van der Waals surface area contributed by atoms with Gasteiger partial charge in [-0.3, -0.25) is 0 Å². The van der Waals surface area contributed by atoms with Crippen molar-refractivity contribution in [3.8, 4) is 0 Å². The highest BCUT2D eigenvalue weighted by Crippen LogP contribution is 2.32. The smallest absolute Gasteiger partial charge is 0.345 e. The lowest BCUT2D eigenvalue weighted by Crippen LogP contribution is -2.41. The number of hydrogen-bond acceptors (Lipinski definition) is 5.